The topological polar surface area (TPSA) is 0 Å². The van der Waals surface area contributed by atoms with Gasteiger partial charge in [0, 0.05) is 0 Å². The van der Waals surface area contributed by atoms with Gasteiger partial charge in [-0.1, -0.05) is 161 Å². The molecule has 0 aliphatic rings. The van der Waals surface area contributed by atoms with Crippen LogP contribution in [0.2, 0.25) is 0 Å². The van der Waals surface area contributed by atoms with Crippen LogP contribution in [0.1, 0.15) is 210 Å². The molecule has 0 rings (SSSR count). The molecule has 0 aromatic heterocycles. The maximum absolute atomic E-state index is 3.56. The first-order valence-electron chi connectivity index (χ1n) is 20.2. The summed E-state index contributed by atoms with van der Waals surface area (Å²) in [6.07, 6.45) is 29.8. The minimum absolute atomic E-state index is 0.534. The first-order valence-corrected chi connectivity index (χ1v) is 20.2. The summed E-state index contributed by atoms with van der Waals surface area (Å²) in [4.78, 5) is 0. The summed E-state index contributed by atoms with van der Waals surface area (Å²) >= 11 is 0. The molecule has 0 fully saturated rings. The van der Waals surface area contributed by atoms with Gasteiger partial charge in [0.25, 0.3) is 0 Å². The van der Waals surface area contributed by atoms with Crippen LogP contribution in [0, 0.1) is 11.3 Å². The van der Waals surface area contributed by atoms with Gasteiger partial charge < -0.3 is 0 Å². The fourth-order valence-corrected chi connectivity index (χ4v) is 3.04. The van der Waals surface area contributed by atoms with Crippen LogP contribution in [0.4, 0.5) is 0 Å². The van der Waals surface area contributed by atoms with Crippen molar-refractivity contribution in [1.29, 1.82) is 0 Å². The molecule has 0 saturated heterocycles. The minimum Gasteiger partial charge on any atom is -0.0988 e. The summed E-state index contributed by atoms with van der Waals surface area (Å²) in [6.45, 7) is 52.5. The van der Waals surface area contributed by atoms with Crippen molar-refractivity contribution < 1.29 is 0 Å². The van der Waals surface area contributed by atoms with Gasteiger partial charge in [-0.2, -0.15) is 0 Å². The van der Waals surface area contributed by atoms with Crippen LogP contribution in [0.25, 0.3) is 0 Å². The largest absolute Gasteiger partial charge is 0.0988 e. The fraction of sp³-hybridized carbons (Fsp3) is 0.647. The van der Waals surface area contributed by atoms with E-state index in [4.69, 9.17) is 0 Å². The van der Waals surface area contributed by atoms with Crippen molar-refractivity contribution >= 4 is 0 Å². The third-order valence-corrected chi connectivity index (χ3v) is 8.27. The lowest BCUT2D eigenvalue weighted by Crippen LogP contribution is -2.08. The molecule has 0 heterocycles. The molecule has 0 bridgehead atoms. The average Bonchev–Trinajstić information content (AvgIpc) is 3.05. The van der Waals surface area contributed by atoms with Gasteiger partial charge in [0.2, 0.25) is 0 Å². The minimum atomic E-state index is 0.534. The number of allylic oxidation sites excluding steroid dienone is 16. The molecule has 0 spiro atoms. The van der Waals surface area contributed by atoms with Crippen LogP contribution in [-0.4, -0.2) is 0 Å². The zero-order valence-electron chi connectivity index (χ0n) is 39.2. The van der Waals surface area contributed by atoms with Crippen LogP contribution >= 0.6 is 0 Å². The highest BCUT2D eigenvalue weighted by molar-refractivity contribution is 5.06. The van der Waals surface area contributed by atoms with Crippen LogP contribution in [0.5, 0.6) is 0 Å². The molecule has 0 unspecified atom stereocenters. The second-order valence-electron chi connectivity index (χ2n) is 16.1. The van der Waals surface area contributed by atoms with E-state index in [1.54, 1.807) is 6.08 Å². The normalized spacial score (nSPS) is 10.7. The second-order valence-corrected chi connectivity index (χ2v) is 16.1. The number of hydrogen-bond donors (Lipinski definition) is 0. The van der Waals surface area contributed by atoms with Gasteiger partial charge in [0.1, 0.15) is 0 Å². The smallest absolute Gasteiger partial charge is 0.0288 e. The summed E-state index contributed by atoms with van der Waals surface area (Å²) < 4.78 is 0. The highest BCUT2D eigenvalue weighted by atomic mass is 14.2. The molecule has 0 radical (unpaired) electrons. The zero-order valence-corrected chi connectivity index (χ0v) is 39.2. The molecule has 0 amide bonds. The summed E-state index contributed by atoms with van der Waals surface area (Å²) in [5.74, 6) is 0.884. The third-order valence-electron chi connectivity index (χ3n) is 8.27. The molecule has 0 aromatic rings. The molecule has 300 valence electrons. The van der Waals surface area contributed by atoms with Crippen LogP contribution in [0.15, 0.2) is 106 Å². The highest BCUT2D eigenvalue weighted by Crippen LogP contribution is 2.26. The fourth-order valence-electron chi connectivity index (χ4n) is 3.04. The summed E-state index contributed by atoms with van der Waals surface area (Å²) in [5.41, 5.74) is 11.7. The molecule has 0 heteroatoms. The monoisotopic (exact) mass is 709 g/mol. The van der Waals surface area contributed by atoms with E-state index in [-0.39, 0.29) is 0 Å². The van der Waals surface area contributed by atoms with E-state index < -0.39 is 0 Å². The summed E-state index contributed by atoms with van der Waals surface area (Å²) in [7, 11) is 0. The van der Waals surface area contributed by atoms with E-state index in [1.165, 1.54) is 103 Å². The molecule has 0 atom stereocenters. The van der Waals surface area contributed by atoms with Gasteiger partial charge in [0.05, 0.1) is 0 Å². The lowest BCUT2D eigenvalue weighted by molar-refractivity contribution is 0.325. The maximum Gasteiger partial charge on any atom is -0.0288 e. The Morgan fingerprint density at radius 2 is 0.824 bits per heavy atom. The van der Waals surface area contributed by atoms with Gasteiger partial charge in [-0.15, -0.1) is 0 Å². The second kappa shape index (κ2) is 43.8. The van der Waals surface area contributed by atoms with E-state index in [9.17, 15) is 0 Å². The third kappa shape index (κ3) is 78.1. The standard InChI is InChI=1S/C15H26.C11H22.C10H18.C5H12.C5H10.C5H8/c1-6-14(4)10-8-12-15(5)11-7-9-13(2)3;1-6-11(4,5)9-7-8-10(2)3;1-5-10(4)8-6-7-9(2)3;3*1-4-5(2)3/h6,9,12H,7-8,10-11H2,1-5H3;8H,6-7,9H2,1-5H3;5,7H,6,8H2,1-4H3;5H,4H2,1-3H3;4H,1-3H3;4H,1-2H2,3H3/b14-6+,15-12+;;10-5+;;;. The van der Waals surface area contributed by atoms with Crippen LogP contribution in [0.3, 0.4) is 0 Å². The Bertz CT molecular complexity index is 1000. The molecule has 0 saturated carbocycles. The zero-order chi connectivity index (χ0) is 41.4. The predicted octanol–water partition coefficient (Wildman–Crippen LogP) is 19.1. The molecule has 0 aliphatic heterocycles. The molecule has 0 aliphatic carbocycles. The molecule has 0 N–H and O–H groups in total. The van der Waals surface area contributed by atoms with Crippen molar-refractivity contribution in [3.05, 3.63) is 106 Å². The molecule has 0 nitrogen and oxygen atoms in total. The lowest BCUT2D eigenvalue weighted by Gasteiger charge is -2.21. The summed E-state index contributed by atoms with van der Waals surface area (Å²) in [6, 6.07) is 0. The van der Waals surface area contributed by atoms with Crippen molar-refractivity contribution in [3.8, 4) is 0 Å². The van der Waals surface area contributed by atoms with Crippen molar-refractivity contribution in [2.24, 2.45) is 11.3 Å². The van der Waals surface area contributed by atoms with Crippen LogP contribution < -0.4 is 0 Å². The van der Waals surface area contributed by atoms with E-state index in [1.807, 2.05) is 13.8 Å². The van der Waals surface area contributed by atoms with Gasteiger partial charge in [-0.05, 0) is 167 Å². The Hall–Kier alpha value is -2.34. The van der Waals surface area contributed by atoms with Gasteiger partial charge in [-0.3, -0.25) is 0 Å². The van der Waals surface area contributed by atoms with E-state index in [0.717, 1.165) is 11.5 Å². The van der Waals surface area contributed by atoms with Gasteiger partial charge in [0.15, 0.2) is 0 Å². The Labute approximate surface area is 326 Å². The number of rotatable bonds is 15. The van der Waals surface area contributed by atoms with Crippen molar-refractivity contribution in [3.63, 3.8) is 0 Å². The highest BCUT2D eigenvalue weighted by Gasteiger charge is 2.12. The molecular formula is C51H96. The quantitative estimate of drug-likeness (QED) is 0.117. The Morgan fingerprint density at radius 1 is 0.529 bits per heavy atom. The Balaban J connectivity index is -0.000000126. The first-order chi connectivity index (χ1) is 23.5. The number of hydrogen-bond acceptors (Lipinski definition) is 0. The Kier molecular flexibility index (Phi) is 52.2. The summed E-state index contributed by atoms with van der Waals surface area (Å²) in [5, 5.41) is 0. The van der Waals surface area contributed by atoms with Gasteiger partial charge in [-0.25, -0.2) is 0 Å². The van der Waals surface area contributed by atoms with E-state index >= 15 is 0 Å². The average molecular weight is 709 g/mol. The van der Waals surface area contributed by atoms with Crippen molar-refractivity contribution in [2.75, 3.05) is 0 Å². The van der Waals surface area contributed by atoms with Crippen LogP contribution in [-0.2, 0) is 0 Å². The lowest BCUT2D eigenvalue weighted by atomic mass is 9.85. The SMILES string of the molecule is C/C=C(\C)CC/C=C(\C)CCC=C(C)C.C/C=C(\C)CCC=C(C)C.C=CC(=C)C.CC=C(C)C.CCC(C)(C)CCC=C(C)C.CCC(C)C. The molecule has 0 aromatic carbocycles. The van der Waals surface area contributed by atoms with Gasteiger partial charge >= 0.3 is 0 Å². The van der Waals surface area contributed by atoms with Crippen molar-refractivity contribution in [2.45, 2.75) is 210 Å². The molecular weight excluding hydrogens is 613 g/mol. The predicted molar refractivity (Wildman–Crippen MR) is 247 cm³/mol. The maximum atomic E-state index is 3.56. The Morgan fingerprint density at radius 3 is 1.06 bits per heavy atom. The van der Waals surface area contributed by atoms with Crippen molar-refractivity contribution in [1.82, 2.24) is 0 Å². The first kappa shape index (κ1) is 60.7. The molecule has 51 heavy (non-hydrogen) atoms. The van der Waals surface area contributed by atoms with E-state index in [0.29, 0.717) is 5.41 Å². The van der Waals surface area contributed by atoms with E-state index in [2.05, 4.69) is 187 Å².